The number of hydrogen-bond donors (Lipinski definition) is 1. The van der Waals surface area contributed by atoms with Crippen molar-refractivity contribution < 1.29 is 28.5 Å². The van der Waals surface area contributed by atoms with Crippen molar-refractivity contribution in [1.82, 2.24) is 0 Å². The van der Waals surface area contributed by atoms with Crippen LogP contribution in [0, 0.1) is 0 Å². The van der Waals surface area contributed by atoms with Crippen LogP contribution in [0.25, 0.3) is 22.1 Å². The number of halogens is 1. The van der Waals surface area contributed by atoms with Crippen molar-refractivity contribution in [1.29, 1.82) is 0 Å². The molecule has 1 aliphatic heterocycles. The number of phenols is 1. The molecule has 0 spiro atoms. The van der Waals surface area contributed by atoms with E-state index in [2.05, 4.69) is 6.58 Å². The monoisotopic (exact) mass is 518 g/mol. The highest BCUT2D eigenvalue weighted by molar-refractivity contribution is 6.30. The Bertz CT molecular complexity index is 1600. The maximum Gasteiger partial charge on any atom is 0.312 e. The van der Waals surface area contributed by atoms with Crippen LogP contribution in [-0.4, -0.2) is 24.8 Å². The van der Waals surface area contributed by atoms with Crippen LogP contribution in [0.3, 0.4) is 0 Å². The Labute approximate surface area is 217 Å². The standard InChI is InChI=1S/C29H23ClO7/c1-15(2)13-35-28-18(5-4-6-22(28)34-3)19-11-24(32)37-23-12-21(31)26-27(33)20(14-36-29(26)25(19)23)16-7-9-17(30)10-8-16/h4-10,12,14,19,31H,1,11,13H2,2-3H3. The number of esters is 1. The fourth-order valence-corrected chi connectivity index (χ4v) is 4.67. The Morgan fingerprint density at radius 1 is 1.19 bits per heavy atom. The van der Waals surface area contributed by atoms with E-state index in [9.17, 15) is 14.7 Å². The first kappa shape index (κ1) is 24.5. The molecule has 8 heteroatoms. The second-order valence-corrected chi connectivity index (χ2v) is 9.29. The van der Waals surface area contributed by atoms with E-state index in [1.54, 1.807) is 36.4 Å². The third kappa shape index (κ3) is 4.42. The smallest absolute Gasteiger partial charge is 0.312 e. The minimum atomic E-state index is -0.598. The number of carbonyl (C=O) groups excluding carboxylic acids is 1. The summed E-state index contributed by atoms with van der Waals surface area (Å²) in [6, 6.07) is 13.4. The molecular weight excluding hydrogens is 496 g/mol. The van der Waals surface area contributed by atoms with E-state index in [0.29, 0.717) is 33.2 Å². The molecule has 1 aliphatic rings. The van der Waals surface area contributed by atoms with Crippen LogP contribution in [0.5, 0.6) is 23.0 Å². The fraction of sp³-hybridized carbons (Fsp3) is 0.172. The van der Waals surface area contributed by atoms with Crippen LogP contribution >= 0.6 is 11.6 Å². The number of aromatic hydroxyl groups is 1. The van der Waals surface area contributed by atoms with Crippen molar-refractivity contribution in [2.24, 2.45) is 0 Å². The van der Waals surface area contributed by atoms with E-state index in [0.717, 1.165) is 5.57 Å². The van der Waals surface area contributed by atoms with Gasteiger partial charge in [0.05, 0.1) is 19.1 Å². The van der Waals surface area contributed by atoms with Crippen molar-refractivity contribution >= 4 is 28.5 Å². The number of hydrogen-bond acceptors (Lipinski definition) is 7. The molecule has 0 fully saturated rings. The molecule has 1 unspecified atom stereocenters. The summed E-state index contributed by atoms with van der Waals surface area (Å²) < 4.78 is 23.0. The van der Waals surface area contributed by atoms with Crippen molar-refractivity contribution in [2.75, 3.05) is 13.7 Å². The minimum absolute atomic E-state index is 0.0125. The summed E-state index contributed by atoms with van der Waals surface area (Å²) in [5.74, 6) is -0.406. The molecule has 0 saturated carbocycles. The van der Waals surface area contributed by atoms with Crippen LogP contribution < -0.4 is 19.6 Å². The summed E-state index contributed by atoms with van der Waals surface area (Å²) in [7, 11) is 1.53. The molecule has 5 rings (SSSR count). The molecule has 0 saturated heterocycles. The van der Waals surface area contributed by atoms with Gasteiger partial charge in [-0.05, 0) is 36.3 Å². The highest BCUT2D eigenvalue weighted by Crippen LogP contribution is 2.49. The lowest BCUT2D eigenvalue weighted by Gasteiger charge is -2.27. The Hall–Kier alpha value is -4.23. The number of methoxy groups -OCH3 is 1. The predicted molar refractivity (Wildman–Crippen MR) is 140 cm³/mol. The Morgan fingerprint density at radius 3 is 2.65 bits per heavy atom. The second kappa shape index (κ2) is 9.67. The van der Waals surface area contributed by atoms with Crippen molar-refractivity contribution in [3.63, 3.8) is 0 Å². The van der Waals surface area contributed by atoms with Crippen LogP contribution in [0.1, 0.15) is 30.4 Å². The maximum absolute atomic E-state index is 13.6. The summed E-state index contributed by atoms with van der Waals surface area (Å²) in [5, 5.41) is 11.3. The van der Waals surface area contributed by atoms with E-state index in [4.69, 9.17) is 30.2 Å². The van der Waals surface area contributed by atoms with Gasteiger partial charge in [0.15, 0.2) is 11.5 Å². The van der Waals surface area contributed by atoms with Gasteiger partial charge in [-0.3, -0.25) is 9.59 Å². The number of rotatable bonds is 6. The second-order valence-electron chi connectivity index (χ2n) is 8.85. The van der Waals surface area contributed by atoms with Gasteiger partial charge in [-0.2, -0.15) is 0 Å². The van der Waals surface area contributed by atoms with Crippen LogP contribution in [-0.2, 0) is 4.79 Å². The lowest BCUT2D eigenvalue weighted by Crippen LogP contribution is -2.22. The largest absolute Gasteiger partial charge is 0.507 e. The summed E-state index contributed by atoms with van der Waals surface area (Å²) in [6.07, 6.45) is 1.30. The maximum atomic E-state index is 13.6. The Kier molecular flexibility index (Phi) is 6.39. The third-order valence-corrected chi connectivity index (χ3v) is 6.45. The molecule has 1 aromatic heterocycles. The van der Waals surface area contributed by atoms with Crippen molar-refractivity contribution in [2.45, 2.75) is 19.3 Å². The van der Waals surface area contributed by atoms with E-state index in [-0.39, 0.29) is 41.1 Å². The van der Waals surface area contributed by atoms with E-state index < -0.39 is 17.3 Å². The van der Waals surface area contributed by atoms with Gasteiger partial charge >= 0.3 is 5.97 Å². The summed E-state index contributed by atoms with van der Waals surface area (Å²) in [5.41, 5.74) is 2.46. The van der Waals surface area contributed by atoms with E-state index in [1.807, 2.05) is 13.0 Å². The molecule has 2 heterocycles. The molecule has 188 valence electrons. The average molecular weight is 519 g/mol. The highest BCUT2D eigenvalue weighted by Gasteiger charge is 2.36. The lowest BCUT2D eigenvalue weighted by atomic mass is 9.84. The first-order valence-electron chi connectivity index (χ1n) is 11.5. The van der Waals surface area contributed by atoms with Crippen LogP contribution in [0.2, 0.25) is 5.02 Å². The molecule has 1 atom stereocenters. The first-order chi connectivity index (χ1) is 17.8. The SMILES string of the molecule is C=C(C)COc1c(OC)cccc1C1CC(=O)Oc2cc(O)c3c(=O)c(-c4ccc(Cl)cc4)coc3c21. The zero-order valence-corrected chi connectivity index (χ0v) is 20.9. The van der Waals surface area contributed by atoms with Crippen LogP contribution in [0.15, 0.2) is 76.2 Å². The lowest BCUT2D eigenvalue weighted by molar-refractivity contribution is -0.135. The van der Waals surface area contributed by atoms with Crippen LogP contribution in [0.4, 0.5) is 0 Å². The zero-order valence-electron chi connectivity index (χ0n) is 20.2. The van der Waals surface area contributed by atoms with Crippen molar-refractivity contribution in [3.8, 4) is 34.1 Å². The number of phenolic OH excluding ortho intramolecular Hbond substituents is 1. The molecule has 3 aromatic carbocycles. The average Bonchev–Trinajstić information content (AvgIpc) is 2.87. The number of ether oxygens (including phenoxy) is 3. The zero-order chi connectivity index (χ0) is 26.3. The normalized spacial score (nSPS) is 14.7. The molecule has 0 radical (unpaired) electrons. The fourth-order valence-electron chi connectivity index (χ4n) is 4.54. The Morgan fingerprint density at radius 2 is 1.95 bits per heavy atom. The number of benzene rings is 3. The van der Waals surface area contributed by atoms with Gasteiger partial charge < -0.3 is 23.7 Å². The van der Waals surface area contributed by atoms with Gasteiger partial charge in [-0.25, -0.2) is 0 Å². The molecule has 0 aliphatic carbocycles. The molecule has 0 amide bonds. The van der Waals surface area contributed by atoms with E-state index >= 15 is 0 Å². The molecule has 0 bridgehead atoms. The summed E-state index contributed by atoms with van der Waals surface area (Å²) in [6.45, 7) is 5.97. The topological polar surface area (TPSA) is 95.2 Å². The van der Waals surface area contributed by atoms with Gasteiger partial charge in [0, 0.05) is 28.1 Å². The Balaban J connectivity index is 1.75. The molecule has 37 heavy (non-hydrogen) atoms. The third-order valence-electron chi connectivity index (χ3n) is 6.19. The predicted octanol–water partition coefficient (Wildman–Crippen LogP) is 6.22. The number of para-hydroxylation sites is 1. The first-order valence-corrected chi connectivity index (χ1v) is 11.9. The summed E-state index contributed by atoms with van der Waals surface area (Å²) in [4.78, 5) is 26.2. The van der Waals surface area contributed by atoms with Crippen molar-refractivity contribution in [3.05, 3.63) is 93.3 Å². The number of fused-ring (bicyclic) bond motifs is 3. The van der Waals surface area contributed by atoms with Gasteiger partial charge in [0.25, 0.3) is 0 Å². The highest BCUT2D eigenvalue weighted by atomic mass is 35.5. The molecular formula is C29H23ClO7. The minimum Gasteiger partial charge on any atom is -0.507 e. The molecule has 4 aromatic rings. The molecule has 1 N–H and O–H groups in total. The molecule has 7 nitrogen and oxygen atoms in total. The van der Waals surface area contributed by atoms with E-state index in [1.165, 1.54) is 19.4 Å². The van der Waals surface area contributed by atoms with Gasteiger partial charge in [-0.15, -0.1) is 0 Å². The number of carbonyl (C=O) groups is 1. The summed E-state index contributed by atoms with van der Waals surface area (Å²) >= 11 is 5.99. The van der Waals surface area contributed by atoms with Gasteiger partial charge in [0.2, 0.25) is 5.43 Å². The van der Waals surface area contributed by atoms with Gasteiger partial charge in [-0.1, -0.05) is 42.4 Å². The quantitative estimate of drug-likeness (QED) is 0.184. The van der Waals surface area contributed by atoms with Gasteiger partial charge in [0.1, 0.15) is 35.3 Å².